The topological polar surface area (TPSA) is 61.4 Å². The largest absolute Gasteiger partial charge is 0.320 e. The molecule has 0 spiro atoms. The first kappa shape index (κ1) is 14.8. The number of nitrogens with zero attached hydrogens (tertiary/aromatic N) is 1. The maximum absolute atomic E-state index is 11.5. The van der Waals surface area contributed by atoms with E-state index in [1.807, 2.05) is 33.0 Å². The van der Waals surface area contributed by atoms with Gasteiger partial charge in [-0.05, 0) is 41.0 Å². The van der Waals surface area contributed by atoms with Crippen molar-refractivity contribution in [2.24, 2.45) is 0 Å². The van der Waals surface area contributed by atoms with Crippen molar-refractivity contribution in [1.82, 2.24) is 14.9 Å². The summed E-state index contributed by atoms with van der Waals surface area (Å²) in [5.41, 5.74) is 0. The molecule has 0 fully saturated rings. The summed E-state index contributed by atoms with van der Waals surface area (Å²) >= 11 is 0. The highest BCUT2D eigenvalue weighted by atomic mass is 32.2. The lowest BCUT2D eigenvalue weighted by Gasteiger charge is -2.19. The Morgan fingerprint density at radius 3 is 2.40 bits per heavy atom. The number of nitrogens with one attached hydrogen (secondary N) is 2. The second-order valence-electron chi connectivity index (χ2n) is 3.94. The summed E-state index contributed by atoms with van der Waals surface area (Å²) in [5.74, 6) is 0.188. The molecule has 0 rings (SSSR count). The second kappa shape index (κ2) is 7.16. The molecule has 0 aliphatic carbocycles. The van der Waals surface area contributed by atoms with Gasteiger partial charge in [0, 0.05) is 12.6 Å². The molecule has 6 heteroatoms. The van der Waals surface area contributed by atoms with Crippen LogP contribution in [0.3, 0.4) is 0 Å². The fourth-order valence-electron chi connectivity index (χ4n) is 0.941. The molecule has 0 amide bonds. The summed E-state index contributed by atoms with van der Waals surface area (Å²) in [6.07, 6.45) is 0.641. The Balaban J connectivity index is 3.84. The van der Waals surface area contributed by atoms with Gasteiger partial charge in [0.1, 0.15) is 0 Å². The van der Waals surface area contributed by atoms with Crippen LogP contribution in [0.2, 0.25) is 0 Å². The van der Waals surface area contributed by atoms with E-state index >= 15 is 0 Å². The van der Waals surface area contributed by atoms with Crippen LogP contribution in [0.1, 0.15) is 13.3 Å². The number of likely N-dealkylation sites (N-methyl/N-ethyl adjacent to an activating group) is 1. The first-order valence-electron chi connectivity index (χ1n) is 5.17. The molecule has 0 bridgehead atoms. The van der Waals surface area contributed by atoms with E-state index in [1.54, 1.807) is 0 Å². The van der Waals surface area contributed by atoms with E-state index in [2.05, 4.69) is 10.0 Å². The molecule has 92 valence electrons. The quantitative estimate of drug-likeness (QED) is 0.557. The molecule has 0 aliphatic rings. The molecule has 0 aromatic heterocycles. The molecule has 5 nitrogen and oxygen atoms in total. The van der Waals surface area contributed by atoms with E-state index in [0.29, 0.717) is 13.0 Å². The van der Waals surface area contributed by atoms with E-state index in [4.69, 9.17) is 0 Å². The zero-order valence-corrected chi connectivity index (χ0v) is 10.9. The second-order valence-corrected chi connectivity index (χ2v) is 5.86. The van der Waals surface area contributed by atoms with Crippen molar-refractivity contribution in [3.63, 3.8) is 0 Å². The lowest BCUT2D eigenvalue weighted by Crippen LogP contribution is -2.39. The molecule has 0 aliphatic heterocycles. The number of rotatable bonds is 8. The highest BCUT2D eigenvalue weighted by Crippen LogP contribution is 1.93. The Labute approximate surface area is 93.3 Å². The Bertz CT molecular complexity index is 252. The van der Waals surface area contributed by atoms with Crippen molar-refractivity contribution < 1.29 is 8.42 Å². The van der Waals surface area contributed by atoms with Gasteiger partial charge in [-0.2, -0.15) is 0 Å². The highest BCUT2D eigenvalue weighted by molar-refractivity contribution is 7.89. The van der Waals surface area contributed by atoms with Crippen LogP contribution >= 0.6 is 0 Å². The number of sulfonamides is 1. The molecule has 0 heterocycles. The molecule has 15 heavy (non-hydrogen) atoms. The monoisotopic (exact) mass is 237 g/mol. The van der Waals surface area contributed by atoms with Crippen LogP contribution in [0.25, 0.3) is 0 Å². The fourth-order valence-corrected chi connectivity index (χ4v) is 2.11. The van der Waals surface area contributed by atoms with Crippen molar-refractivity contribution in [3.05, 3.63) is 0 Å². The van der Waals surface area contributed by atoms with Crippen LogP contribution < -0.4 is 10.0 Å². The lowest BCUT2D eigenvalue weighted by molar-refractivity contribution is 0.314. The van der Waals surface area contributed by atoms with Crippen molar-refractivity contribution in [2.45, 2.75) is 19.4 Å². The summed E-state index contributed by atoms with van der Waals surface area (Å²) in [4.78, 5) is 1.98. The average Bonchev–Trinajstić information content (AvgIpc) is 2.14. The third-order valence-electron chi connectivity index (χ3n) is 2.32. The van der Waals surface area contributed by atoms with E-state index in [0.717, 1.165) is 6.54 Å². The van der Waals surface area contributed by atoms with Crippen LogP contribution in [-0.2, 0) is 10.0 Å². The maximum atomic E-state index is 11.5. The van der Waals surface area contributed by atoms with Crippen LogP contribution in [-0.4, -0.2) is 59.3 Å². The minimum Gasteiger partial charge on any atom is -0.320 e. The molecular formula is C9H23N3O2S. The van der Waals surface area contributed by atoms with Gasteiger partial charge >= 0.3 is 0 Å². The summed E-state index contributed by atoms with van der Waals surface area (Å²) < 4.78 is 25.6. The standard InChI is InChI=1S/C9H23N3O2S/c1-9(12(3)4)8-11-15(13,14)7-5-6-10-2/h9-11H,5-8H2,1-4H3. The van der Waals surface area contributed by atoms with E-state index < -0.39 is 10.0 Å². The summed E-state index contributed by atoms with van der Waals surface area (Å²) in [6.45, 7) is 3.18. The van der Waals surface area contributed by atoms with Crippen molar-refractivity contribution in [2.75, 3.05) is 40.0 Å². The Morgan fingerprint density at radius 1 is 1.33 bits per heavy atom. The molecule has 2 N–H and O–H groups in total. The van der Waals surface area contributed by atoms with E-state index in [1.165, 1.54) is 0 Å². The lowest BCUT2D eigenvalue weighted by atomic mass is 10.3. The third kappa shape index (κ3) is 7.72. The third-order valence-corrected chi connectivity index (χ3v) is 3.75. The van der Waals surface area contributed by atoms with Crippen molar-refractivity contribution in [3.8, 4) is 0 Å². The minimum atomic E-state index is -3.10. The van der Waals surface area contributed by atoms with Crippen LogP contribution in [0.5, 0.6) is 0 Å². The smallest absolute Gasteiger partial charge is 0.211 e. The Hall–Kier alpha value is -0.170. The highest BCUT2D eigenvalue weighted by Gasteiger charge is 2.12. The Kier molecular flexibility index (Phi) is 7.08. The van der Waals surface area contributed by atoms with E-state index in [-0.39, 0.29) is 11.8 Å². The van der Waals surface area contributed by atoms with Gasteiger partial charge < -0.3 is 10.2 Å². The van der Waals surface area contributed by atoms with Gasteiger partial charge in [-0.25, -0.2) is 13.1 Å². The molecule has 0 saturated heterocycles. The fraction of sp³-hybridized carbons (Fsp3) is 1.00. The number of hydrogen-bond donors (Lipinski definition) is 2. The SMILES string of the molecule is CNCCCS(=O)(=O)NCC(C)N(C)C. The molecule has 0 saturated carbocycles. The average molecular weight is 237 g/mol. The van der Waals surface area contributed by atoms with Gasteiger partial charge in [-0.3, -0.25) is 0 Å². The Morgan fingerprint density at radius 2 is 1.93 bits per heavy atom. The maximum Gasteiger partial charge on any atom is 0.211 e. The van der Waals surface area contributed by atoms with Gasteiger partial charge in [-0.1, -0.05) is 0 Å². The van der Waals surface area contributed by atoms with Gasteiger partial charge in [0.05, 0.1) is 5.75 Å². The molecule has 0 radical (unpaired) electrons. The zero-order valence-electron chi connectivity index (χ0n) is 10.1. The van der Waals surface area contributed by atoms with Crippen LogP contribution in [0.4, 0.5) is 0 Å². The van der Waals surface area contributed by atoms with E-state index in [9.17, 15) is 8.42 Å². The normalized spacial score (nSPS) is 14.5. The molecular weight excluding hydrogens is 214 g/mol. The molecule has 0 aromatic carbocycles. The van der Waals surface area contributed by atoms with Crippen LogP contribution in [0, 0.1) is 0 Å². The minimum absolute atomic E-state index is 0.188. The first-order valence-corrected chi connectivity index (χ1v) is 6.82. The molecule has 1 unspecified atom stereocenters. The van der Waals surface area contributed by atoms with Gasteiger partial charge in [0.25, 0.3) is 0 Å². The summed E-state index contributed by atoms with van der Waals surface area (Å²) in [6, 6.07) is 0.212. The zero-order chi connectivity index (χ0) is 11.9. The van der Waals surface area contributed by atoms with Crippen LogP contribution in [0.15, 0.2) is 0 Å². The van der Waals surface area contributed by atoms with Gasteiger partial charge in [0.15, 0.2) is 0 Å². The number of hydrogen-bond acceptors (Lipinski definition) is 4. The van der Waals surface area contributed by atoms with Crippen molar-refractivity contribution in [1.29, 1.82) is 0 Å². The predicted octanol–water partition coefficient (Wildman–Crippen LogP) is -0.535. The van der Waals surface area contributed by atoms with Gasteiger partial charge in [0.2, 0.25) is 10.0 Å². The van der Waals surface area contributed by atoms with Gasteiger partial charge in [-0.15, -0.1) is 0 Å². The molecule has 0 aromatic rings. The summed E-state index contributed by atoms with van der Waals surface area (Å²) in [5, 5.41) is 2.92. The first-order chi connectivity index (χ1) is 6.89. The predicted molar refractivity (Wildman–Crippen MR) is 63.5 cm³/mol. The summed E-state index contributed by atoms with van der Waals surface area (Å²) in [7, 11) is 2.58. The molecule has 1 atom stereocenters. The van der Waals surface area contributed by atoms with Crippen molar-refractivity contribution >= 4 is 10.0 Å².